The lowest BCUT2D eigenvalue weighted by molar-refractivity contribution is 0.282. The fourth-order valence-electron chi connectivity index (χ4n) is 2.98. The first-order chi connectivity index (χ1) is 9.48. The fourth-order valence-corrected chi connectivity index (χ4v) is 4.24. The molecule has 0 radical (unpaired) electrons. The summed E-state index contributed by atoms with van der Waals surface area (Å²) in [5.74, 6) is 2.76. The van der Waals surface area contributed by atoms with Gasteiger partial charge >= 0.3 is 0 Å². The van der Waals surface area contributed by atoms with Crippen LogP contribution in [0.4, 0.5) is 0 Å². The van der Waals surface area contributed by atoms with Crippen LogP contribution in [0.2, 0.25) is 0 Å². The van der Waals surface area contributed by atoms with Gasteiger partial charge < -0.3 is 5.32 Å². The zero-order valence-corrected chi connectivity index (χ0v) is 14.2. The Bertz CT molecular complexity index is 425. The highest BCUT2D eigenvalue weighted by Gasteiger charge is 2.29. The monoisotopic (exact) mass is 291 g/mol. The van der Waals surface area contributed by atoms with Crippen molar-refractivity contribution in [1.29, 1.82) is 0 Å². The van der Waals surface area contributed by atoms with E-state index >= 15 is 0 Å². The van der Waals surface area contributed by atoms with Gasteiger partial charge in [-0.2, -0.15) is 0 Å². The Morgan fingerprint density at radius 2 is 2.05 bits per heavy atom. The lowest BCUT2D eigenvalue weighted by atomic mass is 9.78. The van der Waals surface area contributed by atoms with Gasteiger partial charge in [-0.25, -0.2) is 0 Å². The van der Waals surface area contributed by atoms with Crippen LogP contribution in [0.15, 0.2) is 29.2 Å². The second-order valence-corrected chi connectivity index (χ2v) is 8.32. The average Bonchev–Trinajstić information content (AvgIpc) is 2.78. The summed E-state index contributed by atoms with van der Waals surface area (Å²) in [4.78, 5) is 1.51. The molecule has 1 heterocycles. The van der Waals surface area contributed by atoms with Gasteiger partial charge in [0.1, 0.15) is 0 Å². The predicted molar refractivity (Wildman–Crippen MR) is 90.6 cm³/mol. The summed E-state index contributed by atoms with van der Waals surface area (Å²) in [6.07, 6.45) is 2.57. The Kier molecular flexibility index (Phi) is 5.57. The minimum Gasteiger partial charge on any atom is -0.316 e. The molecule has 0 amide bonds. The Labute approximate surface area is 128 Å². The van der Waals surface area contributed by atoms with Gasteiger partial charge in [0.25, 0.3) is 0 Å². The van der Waals surface area contributed by atoms with Crippen LogP contribution < -0.4 is 5.32 Å². The van der Waals surface area contributed by atoms with E-state index in [9.17, 15) is 0 Å². The number of rotatable bonds is 7. The molecule has 1 aliphatic heterocycles. The Morgan fingerprint density at radius 1 is 1.30 bits per heavy atom. The number of benzene rings is 1. The summed E-state index contributed by atoms with van der Waals surface area (Å²) < 4.78 is 0. The molecule has 0 fully saturated rings. The van der Waals surface area contributed by atoms with E-state index in [-0.39, 0.29) is 0 Å². The fraction of sp³-hybridized carbons (Fsp3) is 0.667. The van der Waals surface area contributed by atoms with Gasteiger partial charge in [0.05, 0.1) is 0 Å². The summed E-state index contributed by atoms with van der Waals surface area (Å²) in [6.45, 7) is 11.7. The topological polar surface area (TPSA) is 12.0 Å². The Hall–Kier alpha value is -0.470. The van der Waals surface area contributed by atoms with Gasteiger partial charge in [0.2, 0.25) is 0 Å². The molecule has 1 atom stereocenters. The van der Waals surface area contributed by atoms with Crippen molar-refractivity contribution < 1.29 is 0 Å². The van der Waals surface area contributed by atoms with E-state index in [1.807, 2.05) is 11.8 Å². The van der Waals surface area contributed by atoms with Crippen molar-refractivity contribution in [3.05, 3.63) is 29.8 Å². The number of hydrogen-bond donors (Lipinski definition) is 1. The largest absolute Gasteiger partial charge is 0.316 e. The minimum absolute atomic E-state index is 0.423. The third kappa shape index (κ3) is 4.53. The van der Waals surface area contributed by atoms with E-state index in [1.54, 1.807) is 5.56 Å². The van der Waals surface area contributed by atoms with Crippen molar-refractivity contribution in [2.24, 2.45) is 11.3 Å². The van der Waals surface area contributed by atoms with Crippen molar-refractivity contribution in [2.45, 2.75) is 51.3 Å². The summed E-state index contributed by atoms with van der Waals surface area (Å²) in [6, 6.07) is 8.95. The zero-order valence-electron chi connectivity index (χ0n) is 13.4. The van der Waals surface area contributed by atoms with Crippen LogP contribution in [0, 0.1) is 11.3 Å². The lowest BCUT2D eigenvalue weighted by Gasteiger charge is -2.28. The van der Waals surface area contributed by atoms with Crippen molar-refractivity contribution in [3.63, 3.8) is 0 Å². The highest BCUT2D eigenvalue weighted by molar-refractivity contribution is 7.99. The highest BCUT2D eigenvalue weighted by Crippen LogP contribution is 2.45. The highest BCUT2D eigenvalue weighted by atomic mass is 32.2. The van der Waals surface area contributed by atoms with Crippen molar-refractivity contribution in [1.82, 2.24) is 5.32 Å². The molecule has 1 aliphatic rings. The molecule has 1 nitrogen and oxygen atoms in total. The maximum Gasteiger partial charge on any atom is 0.0107 e. The van der Waals surface area contributed by atoms with Gasteiger partial charge in [-0.05, 0) is 54.8 Å². The number of nitrogens with one attached hydrogen (secondary N) is 1. The maximum atomic E-state index is 3.58. The lowest BCUT2D eigenvalue weighted by Crippen LogP contribution is -2.26. The van der Waals surface area contributed by atoms with Gasteiger partial charge in [0.15, 0.2) is 0 Å². The predicted octanol–water partition coefficient (Wildman–Crippen LogP) is 4.93. The van der Waals surface area contributed by atoms with Crippen LogP contribution in [0.5, 0.6) is 0 Å². The van der Waals surface area contributed by atoms with Gasteiger partial charge in [0, 0.05) is 10.6 Å². The number of thioether (sulfide) groups is 1. The average molecular weight is 292 g/mol. The van der Waals surface area contributed by atoms with Crippen molar-refractivity contribution >= 4 is 11.8 Å². The molecular weight excluding hydrogens is 262 g/mol. The first-order valence-corrected chi connectivity index (χ1v) is 8.89. The van der Waals surface area contributed by atoms with E-state index < -0.39 is 0 Å². The van der Waals surface area contributed by atoms with Crippen LogP contribution in [0.1, 0.15) is 52.0 Å². The molecule has 112 valence electrons. The second kappa shape index (κ2) is 7.00. The smallest absolute Gasteiger partial charge is 0.0107 e. The Morgan fingerprint density at radius 3 is 2.80 bits per heavy atom. The van der Waals surface area contributed by atoms with Crippen LogP contribution in [-0.4, -0.2) is 18.8 Å². The first-order valence-electron chi connectivity index (χ1n) is 7.90. The van der Waals surface area contributed by atoms with Crippen molar-refractivity contribution in [2.75, 3.05) is 18.8 Å². The van der Waals surface area contributed by atoms with Gasteiger partial charge in [-0.1, -0.05) is 45.9 Å². The van der Waals surface area contributed by atoms with Gasteiger partial charge in [-0.15, -0.1) is 11.8 Å². The molecule has 0 bridgehead atoms. The summed E-state index contributed by atoms with van der Waals surface area (Å²) in [5.41, 5.74) is 2.01. The second-order valence-electron chi connectivity index (χ2n) is 7.26. The van der Waals surface area contributed by atoms with E-state index in [4.69, 9.17) is 0 Å². The maximum absolute atomic E-state index is 3.58. The molecule has 0 aliphatic carbocycles. The molecule has 0 saturated carbocycles. The molecule has 20 heavy (non-hydrogen) atoms. The first kappa shape index (κ1) is 15.9. The summed E-state index contributed by atoms with van der Waals surface area (Å²) >= 11 is 2.03. The molecular formula is C18H29NS. The van der Waals surface area contributed by atoms with Crippen molar-refractivity contribution in [3.8, 4) is 0 Å². The molecule has 1 unspecified atom stereocenters. The van der Waals surface area contributed by atoms with Crippen LogP contribution in [0.3, 0.4) is 0 Å². The standard InChI is InChI=1S/C18H29NS/c1-14(2)12-19-10-9-18(3,4)11-15-13-20-17-8-6-5-7-16(15)17/h5-8,14-15,19H,9-13H2,1-4H3. The molecule has 1 aromatic carbocycles. The van der Waals surface area contributed by atoms with E-state index in [0.29, 0.717) is 5.41 Å². The SMILES string of the molecule is CC(C)CNCCC(C)(C)CC1CSc2ccccc21. The molecule has 0 saturated heterocycles. The summed E-state index contributed by atoms with van der Waals surface area (Å²) in [5, 5.41) is 3.58. The molecule has 0 aromatic heterocycles. The molecule has 1 aromatic rings. The van der Waals surface area contributed by atoms with E-state index in [0.717, 1.165) is 24.9 Å². The third-order valence-electron chi connectivity index (χ3n) is 4.13. The molecule has 0 spiro atoms. The van der Waals surface area contributed by atoms with E-state index in [2.05, 4.69) is 57.3 Å². The van der Waals surface area contributed by atoms with E-state index in [1.165, 1.54) is 23.5 Å². The molecule has 2 heteroatoms. The number of fused-ring (bicyclic) bond motifs is 1. The minimum atomic E-state index is 0.423. The zero-order chi connectivity index (χ0) is 14.6. The summed E-state index contributed by atoms with van der Waals surface area (Å²) in [7, 11) is 0. The quantitative estimate of drug-likeness (QED) is 0.715. The normalized spacial score (nSPS) is 18.6. The molecule has 1 N–H and O–H groups in total. The molecule has 2 rings (SSSR count). The number of hydrogen-bond acceptors (Lipinski definition) is 2. The van der Waals surface area contributed by atoms with Crippen LogP contribution >= 0.6 is 11.8 Å². The third-order valence-corrected chi connectivity index (χ3v) is 5.38. The Balaban J connectivity index is 1.83. The van der Waals surface area contributed by atoms with Crippen LogP contribution in [-0.2, 0) is 0 Å². The van der Waals surface area contributed by atoms with Crippen LogP contribution in [0.25, 0.3) is 0 Å². The van der Waals surface area contributed by atoms with Gasteiger partial charge in [-0.3, -0.25) is 0 Å².